The highest BCUT2D eigenvalue weighted by Gasteiger charge is 2.32. The summed E-state index contributed by atoms with van der Waals surface area (Å²) in [6, 6.07) is 21.0. The molecule has 7 nitrogen and oxygen atoms in total. The van der Waals surface area contributed by atoms with Gasteiger partial charge in [0, 0.05) is 18.6 Å². The lowest BCUT2D eigenvalue weighted by atomic mass is 10.1. The first-order chi connectivity index (χ1) is 16.6. The molecule has 2 amide bonds. The molecule has 0 heterocycles. The van der Waals surface area contributed by atoms with Gasteiger partial charge < -0.3 is 10.2 Å². The monoisotopic (exact) mass is 513 g/mol. The quantitative estimate of drug-likeness (QED) is 0.468. The number of aryl methyl sites for hydroxylation is 1. The third-order valence-corrected chi connectivity index (χ3v) is 7.80. The fourth-order valence-corrected chi connectivity index (χ4v) is 5.17. The molecule has 9 heteroatoms. The van der Waals surface area contributed by atoms with E-state index < -0.39 is 28.5 Å². The van der Waals surface area contributed by atoms with Gasteiger partial charge in [-0.2, -0.15) is 0 Å². The van der Waals surface area contributed by atoms with Crippen molar-refractivity contribution in [3.05, 3.63) is 95.0 Å². The number of carbonyl (C=O) groups is 2. The van der Waals surface area contributed by atoms with E-state index in [-0.39, 0.29) is 17.3 Å². The number of rotatable bonds is 9. The molecule has 0 bridgehead atoms. The predicted octanol–water partition coefficient (Wildman–Crippen LogP) is 4.01. The zero-order valence-electron chi connectivity index (χ0n) is 19.8. The highest BCUT2D eigenvalue weighted by molar-refractivity contribution is 7.92. The summed E-state index contributed by atoms with van der Waals surface area (Å²) in [6.45, 7) is 3.00. The number of hydrogen-bond acceptors (Lipinski definition) is 4. The second-order valence-electron chi connectivity index (χ2n) is 8.06. The van der Waals surface area contributed by atoms with Crippen molar-refractivity contribution in [3.8, 4) is 0 Å². The molecule has 0 spiro atoms. The molecule has 0 radical (unpaired) electrons. The Bertz CT molecular complexity index is 1280. The predicted molar refractivity (Wildman–Crippen MR) is 138 cm³/mol. The zero-order valence-corrected chi connectivity index (χ0v) is 21.4. The number of hydrogen-bond donors (Lipinski definition) is 1. The number of nitrogens with one attached hydrogen (secondary N) is 1. The van der Waals surface area contributed by atoms with Crippen LogP contribution in [0.15, 0.2) is 83.8 Å². The third kappa shape index (κ3) is 6.21. The van der Waals surface area contributed by atoms with Crippen LogP contribution < -0.4 is 9.62 Å². The molecule has 184 valence electrons. The van der Waals surface area contributed by atoms with Gasteiger partial charge in [0.15, 0.2) is 0 Å². The first-order valence-corrected chi connectivity index (χ1v) is 12.9. The summed E-state index contributed by atoms with van der Waals surface area (Å²) in [4.78, 5) is 27.5. The molecule has 3 aromatic carbocycles. The van der Waals surface area contributed by atoms with E-state index in [1.807, 2.05) is 6.92 Å². The van der Waals surface area contributed by atoms with Crippen molar-refractivity contribution in [2.75, 3.05) is 17.9 Å². The lowest BCUT2D eigenvalue weighted by Crippen LogP contribution is -2.50. The fraction of sp³-hybridized carbons (Fsp3) is 0.231. The first-order valence-electron chi connectivity index (χ1n) is 11.0. The van der Waals surface area contributed by atoms with E-state index in [2.05, 4.69) is 5.32 Å². The van der Waals surface area contributed by atoms with E-state index in [1.165, 1.54) is 24.1 Å². The second kappa shape index (κ2) is 11.4. The van der Waals surface area contributed by atoms with Crippen LogP contribution in [0, 0.1) is 6.92 Å². The lowest BCUT2D eigenvalue weighted by molar-refractivity contribution is -0.139. The minimum Gasteiger partial charge on any atom is -0.357 e. The topological polar surface area (TPSA) is 86.8 Å². The zero-order chi connectivity index (χ0) is 25.6. The summed E-state index contributed by atoms with van der Waals surface area (Å²) in [5.74, 6) is -0.918. The molecule has 0 aliphatic rings. The summed E-state index contributed by atoms with van der Waals surface area (Å²) in [7, 11) is -2.59. The van der Waals surface area contributed by atoms with Gasteiger partial charge in [0.2, 0.25) is 11.8 Å². The Morgan fingerprint density at radius 2 is 1.54 bits per heavy atom. The average Bonchev–Trinajstić information content (AvgIpc) is 2.86. The van der Waals surface area contributed by atoms with Gasteiger partial charge in [-0.3, -0.25) is 13.9 Å². The molecule has 0 saturated heterocycles. The minimum atomic E-state index is -4.07. The van der Waals surface area contributed by atoms with Crippen LogP contribution in [-0.4, -0.2) is 44.8 Å². The Labute approximate surface area is 211 Å². The summed E-state index contributed by atoms with van der Waals surface area (Å²) in [5, 5.41) is 3.00. The number of carbonyl (C=O) groups excluding carboxylic acids is 2. The van der Waals surface area contributed by atoms with Crippen molar-refractivity contribution in [2.45, 2.75) is 31.3 Å². The van der Waals surface area contributed by atoms with Gasteiger partial charge in [-0.15, -0.1) is 0 Å². The van der Waals surface area contributed by atoms with E-state index in [4.69, 9.17) is 11.6 Å². The van der Waals surface area contributed by atoms with Gasteiger partial charge in [-0.25, -0.2) is 8.42 Å². The van der Waals surface area contributed by atoms with Crippen molar-refractivity contribution in [3.63, 3.8) is 0 Å². The van der Waals surface area contributed by atoms with E-state index >= 15 is 0 Å². The number of para-hydroxylation sites is 1. The van der Waals surface area contributed by atoms with E-state index in [9.17, 15) is 18.0 Å². The van der Waals surface area contributed by atoms with Crippen molar-refractivity contribution < 1.29 is 18.0 Å². The summed E-state index contributed by atoms with van der Waals surface area (Å²) >= 11 is 6.31. The fourth-order valence-electron chi connectivity index (χ4n) is 3.56. The van der Waals surface area contributed by atoms with Crippen LogP contribution >= 0.6 is 11.6 Å². The number of anilines is 1. The van der Waals surface area contributed by atoms with E-state index in [1.54, 1.807) is 73.7 Å². The number of amides is 2. The molecular weight excluding hydrogens is 486 g/mol. The van der Waals surface area contributed by atoms with Crippen molar-refractivity contribution >= 4 is 39.1 Å². The van der Waals surface area contributed by atoms with Crippen molar-refractivity contribution in [1.82, 2.24) is 10.2 Å². The number of sulfonamides is 1. The van der Waals surface area contributed by atoms with Crippen LogP contribution in [0.5, 0.6) is 0 Å². The molecule has 0 fully saturated rings. The smallest absolute Gasteiger partial charge is 0.264 e. The maximum absolute atomic E-state index is 13.6. The van der Waals surface area contributed by atoms with Crippen LogP contribution in [0.3, 0.4) is 0 Å². The van der Waals surface area contributed by atoms with Gasteiger partial charge >= 0.3 is 0 Å². The Morgan fingerprint density at radius 1 is 0.943 bits per heavy atom. The Kier molecular flexibility index (Phi) is 8.53. The average molecular weight is 514 g/mol. The van der Waals surface area contributed by atoms with Gasteiger partial charge in [-0.05, 0) is 49.7 Å². The normalized spacial score (nSPS) is 12.0. The molecule has 3 rings (SSSR count). The maximum atomic E-state index is 13.6. The van der Waals surface area contributed by atoms with Crippen LogP contribution in [0.1, 0.15) is 18.1 Å². The number of benzene rings is 3. The van der Waals surface area contributed by atoms with E-state index in [0.717, 1.165) is 9.87 Å². The minimum absolute atomic E-state index is 0.0420. The largest absolute Gasteiger partial charge is 0.357 e. The molecule has 3 aromatic rings. The molecule has 0 unspecified atom stereocenters. The standard InChI is InChI=1S/C26H28ClN3O4S/c1-19-13-15-23(16-14-19)35(33,34)30(22-10-5-4-6-11-22)18-25(31)29(20(2)26(32)28-3)17-21-9-7-8-12-24(21)27/h4-16,20H,17-18H2,1-3H3,(H,28,32)/t20-/m0/s1. The Hall–Kier alpha value is -3.36. The molecule has 1 atom stereocenters. The summed E-state index contributed by atoms with van der Waals surface area (Å²) < 4.78 is 28.3. The number of halogens is 1. The molecule has 0 saturated carbocycles. The van der Waals surface area contributed by atoms with Crippen LogP contribution in [-0.2, 0) is 26.2 Å². The molecule has 0 aromatic heterocycles. The van der Waals surface area contributed by atoms with Gasteiger partial charge in [0.05, 0.1) is 10.6 Å². The van der Waals surface area contributed by atoms with Crippen molar-refractivity contribution in [2.24, 2.45) is 0 Å². The van der Waals surface area contributed by atoms with E-state index in [0.29, 0.717) is 16.3 Å². The molecule has 1 N–H and O–H groups in total. The molecule has 0 aliphatic heterocycles. The SMILES string of the molecule is CNC(=O)[C@H](C)N(Cc1ccccc1Cl)C(=O)CN(c1ccccc1)S(=O)(=O)c1ccc(C)cc1. The van der Waals surface area contributed by atoms with Gasteiger partial charge in [-0.1, -0.05) is 65.7 Å². The molecular formula is C26H28ClN3O4S. The lowest BCUT2D eigenvalue weighted by Gasteiger charge is -2.32. The Balaban J connectivity index is 2.01. The summed E-state index contributed by atoms with van der Waals surface area (Å²) in [6.07, 6.45) is 0. The molecule has 0 aliphatic carbocycles. The van der Waals surface area contributed by atoms with Crippen LogP contribution in [0.2, 0.25) is 5.02 Å². The first kappa shape index (κ1) is 26.2. The molecule has 35 heavy (non-hydrogen) atoms. The Morgan fingerprint density at radius 3 is 2.14 bits per heavy atom. The highest BCUT2D eigenvalue weighted by atomic mass is 35.5. The highest BCUT2D eigenvalue weighted by Crippen LogP contribution is 2.25. The number of likely N-dealkylation sites (N-methyl/N-ethyl adjacent to an activating group) is 1. The van der Waals surface area contributed by atoms with Crippen LogP contribution in [0.25, 0.3) is 0 Å². The van der Waals surface area contributed by atoms with Crippen molar-refractivity contribution in [1.29, 1.82) is 0 Å². The van der Waals surface area contributed by atoms with Crippen LogP contribution in [0.4, 0.5) is 5.69 Å². The summed E-state index contributed by atoms with van der Waals surface area (Å²) in [5.41, 5.74) is 1.90. The van der Waals surface area contributed by atoms with Gasteiger partial charge in [0.1, 0.15) is 12.6 Å². The maximum Gasteiger partial charge on any atom is 0.264 e. The second-order valence-corrected chi connectivity index (χ2v) is 10.3. The number of nitrogens with zero attached hydrogens (tertiary/aromatic N) is 2. The van der Waals surface area contributed by atoms with Gasteiger partial charge in [0.25, 0.3) is 10.0 Å². The third-order valence-electron chi connectivity index (χ3n) is 5.64.